The van der Waals surface area contributed by atoms with E-state index in [0.717, 1.165) is 75.5 Å². The van der Waals surface area contributed by atoms with Crippen LogP contribution in [0, 0.1) is 19.3 Å². The molecule has 1 aromatic carbocycles. The number of hydrogen-bond donors (Lipinski definition) is 0. The van der Waals surface area contributed by atoms with Crippen LogP contribution in [0.15, 0.2) is 42.7 Å². The minimum atomic E-state index is 0.137. The number of amides is 1. The SMILES string of the molecule is Cc1cc(C)cc(C(=O)N2CCC3(CC2)COCCN(Cc2cccnc2)C3)c1. The van der Waals surface area contributed by atoms with E-state index in [2.05, 4.69) is 35.9 Å². The first-order valence-corrected chi connectivity index (χ1v) is 10.6. The summed E-state index contributed by atoms with van der Waals surface area (Å²) in [5.74, 6) is 0.161. The smallest absolute Gasteiger partial charge is 0.253 e. The maximum absolute atomic E-state index is 13.0. The lowest BCUT2D eigenvalue weighted by Crippen LogP contribution is -2.48. The highest BCUT2D eigenvalue weighted by Crippen LogP contribution is 2.35. The van der Waals surface area contributed by atoms with Gasteiger partial charge in [-0.2, -0.15) is 0 Å². The normalized spacial score (nSPS) is 19.9. The topological polar surface area (TPSA) is 45.7 Å². The van der Waals surface area contributed by atoms with E-state index in [9.17, 15) is 4.79 Å². The molecule has 1 spiro atoms. The van der Waals surface area contributed by atoms with Crippen LogP contribution in [-0.2, 0) is 11.3 Å². The van der Waals surface area contributed by atoms with Crippen molar-refractivity contribution in [2.24, 2.45) is 5.41 Å². The van der Waals surface area contributed by atoms with E-state index >= 15 is 0 Å². The van der Waals surface area contributed by atoms with Crippen LogP contribution < -0.4 is 0 Å². The molecule has 29 heavy (non-hydrogen) atoms. The van der Waals surface area contributed by atoms with Crippen LogP contribution in [0.25, 0.3) is 0 Å². The van der Waals surface area contributed by atoms with E-state index < -0.39 is 0 Å². The van der Waals surface area contributed by atoms with Crippen LogP contribution in [0.3, 0.4) is 0 Å². The molecule has 0 bridgehead atoms. The van der Waals surface area contributed by atoms with E-state index in [0.29, 0.717) is 0 Å². The molecule has 1 aromatic heterocycles. The highest BCUT2D eigenvalue weighted by molar-refractivity contribution is 5.94. The number of piperidine rings is 1. The lowest BCUT2D eigenvalue weighted by Gasteiger charge is -2.42. The highest BCUT2D eigenvalue weighted by atomic mass is 16.5. The summed E-state index contributed by atoms with van der Waals surface area (Å²) in [5.41, 5.74) is 4.48. The summed E-state index contributed by atoms with van der Waals surface area (Å²) >= 11 is 0. The summed E-state index contributed by atoms with van der Waals surface area (Å²) in [4.78, 5) is 21.8. The molecule has 2 aromatic rings. The molecule has 3 heterocycles. The van der Waals surface area contributed by atoms with Gasteiger partial charge in [0.1, 0.15) is 0 Å². The first kappa shape index (κ1) is 20.0. The first-order valence-electron chi connectivity index (χ1n) is 10.6. The molecule has 2 fully saturated rings. The molecule has 0 N–H and O–H groups in total. The van der Waals surface area contributed by atoms with E-state index in [1.165, 1.54) is 5.56 Å². The Morgan fingerprint density at radius 1 is 1.14 bits per heavy atom. The molecule has 0 saturated carbocycles. The van der Waals surface area contributed by atoms with Crippen LogP contribution >= 0.6 is 0 Å². The number of carbonyl (C=O) groups is 1. The standard InChI is InChI=1S/C24H31N3O2/c1-19-12-20(2)14-22(13-19)23(28)27-8-5-24(6-9-27)17-26(10-11-29-18-24)16-21-4-3-7-25-15-21/h3-4,7,12-15H,5-6,8-11,16-18H2,1-2H3. The summed E-state index contributed by atoms with van der Waals surface area (Å²) in [6.07, 6.45) is 5.75. The van der Waals surface area contributed by atoms with Crippen molar-refractivity contribution in [3.63, 3.8) is 0 Å². The Morgan fingerprint density at radius 3 is 2.59 bits per heavy atom. The average Bonchev–Trinajstić information content (AvgIpc) is 2.90. The monoisotopic (exact) mass is 393 g/mol. The van der Waals surface area contributed by atoms with Crippen molar-refractivity contribution in [3.05, 3.63) is 65.0 Å². The number of carbonyl (C=O) groups excluding carboxylic acids is 1. The lowest BCUT2D eigenvalue weighted by molar-refractivity contribution is 0.0145. The zero-order valence-electron chi connectivity index (χ0n) is 17.6. The van der Waals surface area contributed by atoms with Crippen molar-refractivity contribution in [2.75, 3.05) is 39.4 Å². The number of nitrogens with zero attached hydrogens (tertiary/aromatic N) is 3. The van der Waals surface area contributed by atoms with Crippen molar-refractivity contribution >= 4 is 5.91 Å². The summed E-state index contributed by atoms with van der Waals surface area (Å²) in [6.45, 7) is 10.1. The van der Waals surface area contributed by atoms with Crippen molar-refractivity contribution < 1.29 is 9.53 Å². The van der Waals surface area contributed by atoms with Crippen molar-refractivity contribution in [1.29, 1.82) is 0 Å². The largest absolute Gasteiger partial charge is 0.379 e. The van der Waals surface area contributed by atoms with Crippen LogP contribution in [0.2, 0.25) is 0 Å². The third kappa shape index (κ3) is 4.85. The fourth-order valence-corrected chi connectivity index (χ4v) is 4.73. The summed E-state index contributed by atoms with van der Waals surface area (Å²) < 4.78 is 6.01. The van der Waals surface area contributed by atoms with Gasteiger partial charge in [0, 0.05) is 56.1 Å². The molecule has 0 radical (unpaired) electrons. The molecule has 2 saturated heterocycles. The number of aryl methyl sites for hydroxylation is 2. The zero-order valence-corrected chi connectivity index (χ0v) is 17.6. The van der Waals surface area contributed by atoms with E-state index in [1.807, 2.05) is 35.5 Å². The van der Waals surface area contributed by atoms with Gasteiger partial charge in [-0.15, -0.1) is 0 Å². The van der Waals surface area contributed by atoms with Crippen LogP contribution in [0.4, 0.5) is 0 Å². The number of hydrogen-bond acceptors (Lipinski definition) is 4. The molecule has 0 atom stereocenters. The van der Waals surface area contributed by atoms with Gasteiger partial charge in [0.25, 0.3) is 5.91 Å². The van der Waals surface area contributed by atoms with E-state index in [1.54, 1.807) is 0 Å². The van der Waals surface area contributed by atoms with Gasteiger partial charge >= 0.3 is 0 Å². The molecule has 0 aliphatic carbocycles. The Hall–Kier alpha value is -2.24. The molecule has 5 heteroatoms. The van der Waals surface area contributed by atoms with Crippen molar-refractivity contribution in [1.82, 2.24) is 14.8 Å². The minimum Gasteiger partial charge on any atom is -0.379 e. The van der Waals surface area contributed by atoms with Gasteiger partial charge < -0.3 is 9.64 Å². The third-order valence-electron chi connectivity index (χ3n) is 6.23. The maximum Gasteiger partial charge on any atom is 0.253 e. The molecular weight excluding hydrogens is 362 g/mol. The maximum atomic E-state index is 13.0. The fourth-order valence-electron chi connectivity index (χ4n) is 4.73. The summed E-state index contributed by atoms with van der Waals surface area (Å²) in [5, 5.41) is 0. The fraction of sp³-hybridized carbons (Fsp3) is 0.500. The average molecular weight is 394 g/mol. The second-order valence-electron chi connectivity index (χ2n) is 8.79. The molecule has 2 aliphatic heterocycles. The third-order valence-corrected chi connectivity index (χ3v) is 6.23. The molecule has 5 nitrogen and oxygen atoms in total. The Kier molecular flexibility index (Phi) is 5.97. The van der Waals surface area contributed by atoms with Gasteiger partial charge in [-0.1, -0.05) is 23.3 Å². The Labute approximate surface area is 173 Å². The Bertz CT molecular complexity index is 824. The minimum absolute atomic E-state index is 0.137. The first-order chi connectivity index (χ1) is 14.0. The number of benzene rings is 1. The Balaban J connectivity index is 1.40. The van der Waals surface area contributed by atoms with Gasteiger partial charge in [0.05, 0.1) is 13.2 Å². The lowest BCUT2D eigenvalue weighted by atomic mass is 9.78. The predicted octanol–water partition coefficient (Wildman–Crippen LogP) is 3.45. The molecule has 1 amide bonds. The quantitative estimate of drug-likeness (QED) is 0.801. The van der Waals surface area contributed by atoms with Gasteiger partial charge in [-0.3, -0.25) is 14.7 Å². The van der Waals surface area contributed by atoms with E-state index in [-0.39, 0.29) is 11.3 Å². The highest BCUT2D eigenvalue weighted by Gasteiger charge is 2.39. The van der Waals surface area contributed by atoms with Gasteiger partial charge in [-0.05, 0) is 50.5 Å². The number of likely N-dealkylation sites (tertiary alicyclic amines) is 1. The number of ether oxygens (including phenoxy) is 1. The predicted molar refractivity (Wildman–Crippen MR) is 114 cm³/mol. The number of pyridine rings is 1. The van der Waals surface area contributed by atoms with Gasteiger partial charge in [-0.25, -0.2) is 0 Å². The van der Waals surface area contributed by atoms with Gasteiger partial charge in [0.15, 0.2) is 0 Å². The molecule has 154 valence electrons. The molecule has 0 unspecified atom stereocenters. The molecule has 4 rings (SSSR count). The van der Waals surface area contributed by atoms with Crippen LogP contribution in [0.5, 0.6) is 0 Å². The Morgan fingerprint density at radius 2 is 1.90 bits per heavy atom. The molecule has 2 aliphatic rings. The second-order valence-corrected chi connectivity index (χ2v) is 8.79. The molecular formula is C24H31N3O2. The van der Waals surface area contributed by atoms with Crippen molar-refractivity contribution in [3.8, 4) is 0 Å². The zero-order chi connectivity index (χ0) is 20.3. The van der Waals surface area contributed by atoms with E-state index in [4.69, 9.17) is 4.74 Å². The number of aromatic nitrogens is 1. The second kappa shape index (κ2) is 8.64. The van der Waals surface area contributed by atoms with Gasteiger partial charge in [0.2, 0.25) is 0 Å². The summed E-state index contributed by atoms with van der Waals surface area (Å²) in [6, 6.07) is 10.3. The van der Waals surface area contributed by atoms with Crippen LogP contribution in [0.1, 0.15) is 39.9 Å². The summed E-state index contributed by atoms with van der Waals surface area (Å²) in [7, 11) is 0. The van der Waals surface area contributed by atoms with Crippen molar-refractivity contribution in [2.45, 2.75) is 33.2 Å². The number of rotatable bonds is 3. The van der Waals surface area contributed by atoms with Crippen LogP contribution in [-0.4, -0.2) is 60.1 Å².